The Bertz CT molecular complexity index is 310. The molecule has 0 aliphatic heterocycles. The normalized spacial score (nSPS) is 24.8. The van der Waals surface area contributed by atoms with E-state index < -0.39 is 5.60 Å². The van der Waals surface area contributed by atoms with E-state index in [2.05, 4.69) is 31.4 Å². The molecular formula is C16H32N2O2. The number of carbonyl (C=O) groups is 1. The summed E-state index contributed by atoms with van der Waals surface area (Å²) < 4.78 is 5.33. The van der Waals surface area contributed by atoms with Gasteiger partial charge in [-0.1, -0.05) is 20.8 Å². The summed E-state index contributed by atoms with van der Waals surface area (Å²) in [6.07, 6.45) is 3.48. The van der Waals surface area contributed by atoms with E-state index in [1.807, 2.05) is 20.8 Å². The minimum absolute atomic E-state index is 0.112. The van der Waals surface area contributed by atoms with Gasteiger partial charge in [-0.2, -0.15) is 0 Å². The van der Waals surface area contributed by atoms with E-state index in [1.54, 1.807) is 0 Å². The van der Waals surface area contributed by atoms with E-state index in [0.29, 0.717) is 12.0 Å². The fourth-order valence-corrected chi connectivity index (χ4v) is 2.60. The van der Waals surface area contributed by atoms with Crippen LogP contribution in [0, 0.1) is 11.8 Å². The molecule has 118 valence electrons. The largest absolute Gasteiger partial charge is 0.444 e. The molecule has 4 nitrogen and oxygen atoms in total. The second-order valence-corrected chi connectivity index (χ2v) is 7.52. The molecule has 0 radical (unpaired) electrons. The van der Waals surface area contributed by atoms with Crippen LogP contribution in [-0.2, 0) is 4.74 Å². The monoisotopic (exact) mass is 284 g/mol. The van der Waals surface area contributed by atoms with Crippen LogP contribution in [0.1, 0.15) is 60.8 Å². The molecule has 1 fully saturated rings. The number of amides is 1. The Labute approximate surface area is 124 Å². The number of hydrogen-bond acceptors (Lipinski definition) is 3. The molecule has 0 aromatic carbocycles. The van der Waals surface area contributed by atoms with Crippen LogP contribution in [0.4, 0.5) is 4.79 Å². The number of rotatable bonds is 5. The Hall–Kier alpha value is -0.770. The van der Waals surface area contributed by atoms with Crippen LogP contribution in [-0.4, -0.2) is 30.3 Å². The quantitative estimate of drug-likeness (QED) is 0.814. The topological polar surface area (TPSA) is 50.4 Å². The third-order valence-electron chi connectivity index (χ3n) is 3.83. The molecule has 3 atom stereocenters. The Morgan fingerprint density at radius 2 is 1.95 bits per heavy atom. The molecule has 20 heavy (non-hydrogen) atoms. The van der Waals surface area contributed by atoms with E-state index in [4.69, 9.17) is 4.74 Å². The lowest BCUT2D eigenvalue weighted by Gasteiger charge is -2.27. The average Bonchev–Trinajstić information content (AvgIpc) is 2.67. The first-order valence-corrected chi connectivity index (χ1v) is 7.90. The third kappa shape index (κ3) is 6.60. The lowest BCUT2D eigenvalue weighted by atomic mass is 10.0. The van der Waals surface area contributed by atoms with E-state index in [0.717, 1.165) is 12.5 Å². The fourth-order valence-electron chi connectivity index (χ4n) is 2.60. The molecule has 1 aliphatic rings. The van der Waals surface area contributed by atoms with Crippen LogP contribution in [0.15, 0.2) is 0 Å². The minimum atomic E-state index is -0.445. The number of hydrogen-bond donors (Lipinski definition) is 2. The maximum absolute atomic E-state index is 11.9. The molecule has 2 N–H and O–H groups in total. The summed E-state index contributed by atoms with van der Waals surface area (Å²) in [6.45, 7) is 13.0. The summed E-state index contributed by atoms with van der Waals surface area (Å²) in [6, 6.07) is 0.715. The van der Waals surface area contributed by atoms with Gasteiger partial charge in [0.25, 0.3) is 0 Å². The van der Waals surface area contributed by atoms with Gasteiger partial charge < -0.3 is 15.4 Å². The predicted octanol–water partition coefficient (Wildman–Crippen LogP) is 3.31. The molecule has 0 spiro atoms. The van der Waals surface area contributed by atoms with Crippen LogP contribution < -0.4 is 10.6 Å². The Kier molecular flexibility index (Phi) is 6.31. The minimum Gasteiger partial charge on any atom is -0.444 e. The zero-order valence-corrected chi connectivity index (χ0v) is 14.0. The highest BCUT2D eigenvalue weighted by Crippen LogP contribution is 2.24. The summed E-state index contributed by atoms with van der Waals surface area (Å²) in [5.74, 6) is 1.21. The van der Waals surface area contributed by atoms with Crippen molar-refractivity contribution in [2.75, 3.05) is 6.54 Å². The summed E-state index contributed by atoms with van der Waals surface area (Å²) in [4.78, 5) is 11.9. The van der Waals surface area contributed by atoms with Crippen LogP contribution in [0.3, 0.4) is 0 Å². The van der Waals surface area contributed by atoms with Crippen molar-refractivity contribution in [2.45, 2.75) is 78.5 Å². The molecular weight excluding hydrogens is 252 g/mol. The summed E-state index contributed by atoms with van der Waals surface area (Å²) in [5.41, 5.74) is -0.445. The first kappa shape index (κ1) is 17.3. The molecule has 0 aromatic rings. The van der Waals surface area contributed by atoms with Gasteiger partial charge in [-0.25, -0.2) is 4.79 Å². The highest BCUT2D eigenvalue weighted by atomic mass is 16.6. The SMILES string of the molecule is CC1CCC(NCC(NC(=O)OC(C)(C)C)C(C)C)C1. The molecule has 0 bridgehead atoms. The maximum Gasteiger partial charge on any atom is 0.407 e. The van der Waals surface area contributed by atoms with E-state index >= 15 is 0 Å². The van der Waals surface area contributed by atoms with Gasteiger partial charge in [0, 0.05) is 18.6 Å². The lowest BCUT2D eigenvalue weighted by molar-refractivity contribution is 0.0489. The van der Waals surface area contributed by atoms with Crippen LogP contribution in [0.5, 0.6) is 0 Å². The van der Waals surface area contributed by atoms with Crippen molar-refractivity contribution >= 4 is 6.09 Å². The predicted molar refractivity (Wildman–Crippen MR) is 82.8 cm³/mol. The standard InChI is InChI=1S/C16H32N2O2/c1-11(2)14(18-15(19)20-16(4,5)6)10-17-13-8-7-12(3)9-13/h11-14,17H,7-10H2,1-6H3,(H,18,19). The van der Waals surface area contributed by atoms with Gasteiger partial charge in [-0.15, -0.1) is 0 Å². The van der Waals surface area contributed by atoms with Crippen molar-refractivity contribution in [3.05, 3.63) is 0 Å². The second-order valence-electron chi connectivity index (χ2n) is 7.52. The van der Waals surface area contributed by atoms with Crippen LogP contribution in [0.25, 0.3) is 0 Å². The van der Waals surface area contributed by atoms with Crippen molar-refractivity contribution < 1.29 is 9.53 Å². The molecule has 1 amide bonds. The van der Waals surface area contributed by atoms with Gasteiger partial charge in [-0.3, -0.25) is 0 Å². The van der Waals surface area contributed by atoms with Crippen molar-refractivity contribution in [3.63, 3.8) is 0 Å². The molecule has 0 saturated heterocycles. The Morgan fingerprint density at radius 1 is 1.30 bits per heavy atom. The summed E-state index contributed by atoms with van der Waals surface area (Å²) in [7, 11) is 0. The van der Waals surface area contributed by atoms with Gasteiger partial charge in [0.1, 0.15) is 5.60 Å². The molecule has 0 heterocycles. The number of nitrogens with one attached hydrogen (secondary N) is 2. The Balaban J connectivity index is 2.38. The van der Waals surface area contributed by atoms with Crippen molar-refractivity contribution in [2.24, 2.45) is 11.8 Å². The Morgan fingerprint density at radius 3 is 2.40 bits per heavy atom. The first-order valence-electron chi connectivity index (χ1n) is 7.90. The van der Waals surface area contributed by atoms with Crippen molar-refractivity contribution in [1.29, 1.82) is 0 Å². The number of carbonyl (C=O) groups excluding carboxylic acids is 1. The lowest BCUT2D eigenvalue weighted by Crippen LogP contribution is -2.48. The van der Waals surface area contributed by atoms with Crippen molar-refractivity contribution in [1.82, 2.24) is 10.6 Å². The van der Waals surface area contributed by atoms with Crippen LogP contribution >= 0.6 is 0 Å². The van der Waals surface area contributed by atoms with E-state index in [9.17, 15) is 4.79 Å². The van der Waals surface area contributed by atoms with Crippen molar-refractivity contribution in [3.8, 4) is 0 Å². The first-order chi connectivity index (χ1) is 9.17. The average molecular weight is 284 g/mol. The molecule has 1 aliphatic carbocycles. The number of alkyl carbamates (subject to hydrolysis) is 1. The molecule has 1 saturated carbocycles. The highest BCUT2D eigenvalue weighted by Gasteiger charge is 2.24. The van der Waals surface area contributed by atoms with Gasteiger partial charge in [0.05, 0.1) is 0 Å². The number of ether oxygens (including phenoxy) is 1. The van der Waals surface area contributed by atoms with Gasteiger partial charge in [0.15, 0.2) is 0 Å². The van der Waals surface area contributed by atoms with Gasteiger partial charge in [-0.05, 0) is 51.9 Å². The highest BCUT2D eigenvalue weighted by molar-refractivity contribution is 5.68. The summed E-state index contributed by atoms with van der Waals surface area (Å²) >= 11 is 0. The third-order valence-corrected chi connectivity index (χ3v) is 3.83. The van der Waals surface area contributed by atoms with Crippen LogP contribution in [0.2, 0.25) is 0 Å². The molecule has 3 unspecified atom stereocenters. The van der Waals surface area contributed by atoms with Gasteiger partial charge in [0.2, 0.25) is 0 Å². The zero-order chi connectivity index (χ0) is 15.3. The van der Waals surface area contributed by atoms with E-state index in [-0.39, 0.29) is 12.1 Å². The summed E-state index contributed by atoms with van der Waals surface area (Å²) in [5, 5.41) is 6.58. The molecule has 0 aromatic heterocycles. The van der Waals surface area contributed by atoms with Gasteiger partial charge >= 0.3 is 6.09 Å². The maximum atomic E-state index is 11.9. The zero-order valence-electron chi connectivity index (χ0n) is 14.0. The van der Waals surface area contributed by atoms with E-state index in [1.165, 1.54) is 19.3 Å². The fraction of sp³-hybridized carbons (Fsp3) is 0.938. The molecule has 4 heteroatoms. The smallest absolute Gasteiger partial charge is 0.407 e. The second kappa shape index (κ2) is 7.30. The molecule has 1 rings (SSSR count).